The van der Waals surface area contributed by atoms with Crippen molar-refractivity contribution in [1.82, 2.24) is 9.80 Å². The lowest BCUT2D eigenvalue weighted by atomic mass is 10.00. The maximum absolute atomic E-state index is 13.5. The summed E-state index contributed by atoms with van der Waals surface area (Å²) in [5.41, 5.74) is 2.01. The normalized spacial score (nSPS) is 15.2. The van der Waals surface area contributed by atoms with Gasteiger partial charge in [-0.05, 0) is 67.1 Å². The van der Waals surface area contributed by atoms with Crippen molar-refractivity contribution in [2.45, 2.75) is 38.8 Å². The summed E-state index contributed by atoms with van der Waals surface area (Å²) in [5, 5.41) is 2.04. The van der Waals surface area contributed by atoms with Gasteiger partial charge in [0.25, 0.3) is 0 Å². The quantitative estimate of drug-likeness (QED) is 0.462. The Hall–Kier alpha value is -3.19. The van der Waals surface area contributed by atoms with Gasteiger partial charge in [0.05, 0.1) is 12.5 Å². The minimum absolute atomic E-state index is 0.0237. The molecule has 1 aliphatic rings. The highest BCUT2D eigenvalue weighted by Crippen LogP contribution is 2.34. The van der Waals surface area contributed by atoms with Crippen LogP contribution in [-0.4, -0.2) is 47.4 Å². The van der Waals surface area contributed by atoms with Crippen molar-refractivity contribution in [3.05, 3.63) is 87.9 Å². The molecule has 0 aliphatic carbocycles. The molecule has 0 saturated carbocycles. The van der Waals surface area contributed by atoms with E-state index in [1.165, 1.54) is 17.0 Å². The number of carbonyl (C=O) groups excluding carboxylic acids is 2. The fourth-order valence-electron chi connectivity index (χ4n) is 4.25. The number of halogens is 1. The van der Waals surface area contributed by atoms with Crippen molar-refractivity contribution in [3.63, 3.8) is 0 Å². The van der Waals surface area contributed by atoms with E-state index in [9.17, 15) is 14.0 Å². The number of rotatable bonds is 8. The molecule has 2 amide bonds. The van der Waals surface area contributed by atoms with Crippen molar-refractivity contribution in [2.75, 3.05) is 19.7 Å². The fraction of sp³-hybridized carbons (Fsp3) is 0.333. The summed E-state index contributed by atoms with van der Waals surface area (Å²) in [6.07, 6.45) is 1.05. The third-order valence-corrected chi connectivity index (χ3v) is 7.08. The van der Waals surface area contributed by atoms with E-state index in [4.69, 9.17) is 4.74 Å². The highest BCUT2D eigenvalue weighted by molar-refractivity contribution is 7.10. The SMILES string of the molecule is CC(C)N(CC(=O)N1CCc2sccc2[C@@H]1COc1ccc(F)cc1)C(=O)Cc1ccccc1. The molecule has 34 heavy (non-hydrogen) atoms. The molecule has 0 bridgehead atoms. The van der Waals surface area contributed by atoms with Gasteiger partial charge < -0.3 is 14.5 Å². The summed E-state index contributed by atoms with van der Waals surface area (Å²) < 4.78 is 19.2. The van der Waals surface area contributed by atoms with Crippen LogP contribution >= 0.6 is 11.3 Å². The van der Waals surface area contributed by atoms with Crippen LogP contribution in [0.1, 0.15) is 35.9 Å². The van der Waals surface area contributed by atoms with E-state index in [1.54, 1.807) is 28.4 Å². The van der Waals surface area contributed by atoms with Crippen LogP contribution in [0.25, 0.3) is 0 Å². The molecule has 4 rings (SSSR count). The first kappa shape index (κ1) is 24.0. The van der Waals surface area contributed by atoms with Gasteiger partial charge in [-0.3, -0.25) is 9.59 Å². The molecule has 0 unspecified atom stereocenters. The van der Waals surface area contributed by atoms with Crippen LogP contribution < -0.4 is 4.74 Å². The number of nitrogens with zero attached hydrogens (tertiary/aromatic N) is 2. The maximum Gasteiger partial charge on any atom is 0.242 e. The van der Waals surface area contributed by atoms with Gasteiger partial charge in [-0.1, -0.05) is 30.3 Å². The Morgan fingerprint density at radius 1 is 1.12 bits per heavy atom. The average Bonchev–Trinajstić information content (AvgIpc) is 3.31. The molecule has 0 radical (unpaired) electrons. The molecule has 0 N–H and O–H groups in total. The molecular formula is C27H29FN2O3S. The number of thiophene rings is 1. The smallest absolute Gasteiger partial charge is 0.242 e. The first-order valence-corrected chi connectivity index (χ1v) is 12.4. The molecule has 5 nitrogen and oxygen atoms in total. The van der Waals surface area contributed by atoms with Crippen molar-refractivity contribution in [3.8, 4) is 5.75 Å². The second-order valence-corrected chi connectivity index (χ2v) is 9.70. The number of benzene rings is 2. The molecule has 2 heterocycles. The predicted molar refractivity (Wildman–Crippen MR) is 131 cm³/mol. The van der Waals surface area contributed by atoms with Gasteiger partial charge >= 0.3 is 0 Å². The van der Waals surface area contributed by atoms with Crippen LogP contribution in [-0.2, 0) is 22.4 Å². The summed E-state index contributed by atoms with van der Waals surface area (Å²) >= 11 is 1.68. The van der Waals surface area contributed by atoms with Gasteiger partial charge in [-0.25, -0.2) is 4.39 Å². The van der Waals surface area contributed by atoms with Crippen LogP contribution in [0.5, 0.6) is 5.75 Å². The lowest BCUT2D eigenvalue weighted by Crippen LogP contribution is -2.49. The van der Waals surface area contributed by atoms with Gasteiger partial charge in [0.15, 0.2) is 0 Å². The summed E-state index contributed by atoms with van der Waals surface area (Å²) in [6, 6.07) is 17.1. The van der Waals surface area contributed by atoms with Gasteiger partial charge in [0, 0.05) is 17.5 Å². The van der Waals surface area contributed by atoms with Crippen LogP contribution in [0, 0.1) is 5.82 Å². The Kier molecular flexibility index (Phi) is 7.63. The second-order valence-electron chi connectivity index (χ2n) is 8.69. The third kappa shape index (κ3) is 5.65. The van der Waals surface area contributed by atoms with E-state index in [2.05, 4.69) is 0 Å². The van der Waals surface area contributed by atoms with E-state index in [1.807, 2.05) is 60.5 Å². The van der Waals surface area contributed by atoms with Gasteiger partial charge in [-0.15, -0.1) is 11.3 Å². The van der Waals surface area contributed by atoms with Gasteiger partial charge in [-0.2, -0.15) is 0 Å². The zero-order chi connectivity index (χ0) is 24.1. The second kappa shape index (κ2) is 10.8. The number of fused-ring (bicyclic) bond motifs is 1. The number of hydrogen-bond acceptors (Lipinski definition) is 4. The Labute approximate surface area is 203 Å². The molecule has 2 aromatic carbocycles. The van der Waals surface area contributed by atoms with Crippen molar-refractivity contribution >= 4 is 23.2 Å². The van der Waals surface area contributed by atoms with E-state index in [-0.39, 0.29) is 49.3 Å². The molecular weight excluding hydrogens is 451 g/mol. The molecule has 178 valence electrons. The number of ether oxygens (including phenoxy) is 1. The molecule has 1 aromatic heterocycles. The zero-order valence-corrected chi connectivity index (χ0v) is 20.3. The number of hydrogen-bond donors (Lipinski definition) is 0. The van der Waals surface area contributed by atoms with Gasteiger partial charge in [0.1, 0.15) is 24.7 Å². The molecule has 7 heteroatoms. The summed E-state index contributed by atoms with van der Waals surface area (Å²) in [4.78, 5) is 31.3. The predicted octanol–water partition coefficient (Wildman–Crippen LogP) is 4.87. The van der Waals surface area contributed by atoms with E-state index >= 15 is 0 Å². The number of amides is 2. The van der Waals surface area contributed by atoms with Crippen molar-refractivity contribution in [2.24, 2.45) is 0 Å². The average molecular weight is 481 g/mol. The van der Waals surface area contributed by atoms with Gasteiger partial charge in [0.2, 0.25) is 11.8 Å². The first-order chi connectivity index (χ1) is 16.4. The minimum atomic E-state index is -0.323. The lowest BCUT2D eigenvalue weighted by molar-refractivity contribution is -0.143. The van der Waals surface area contributed by atoms with Crippen molar-refractivity contribution in [1.29, 1.82) is 0 Å². The summed E-state index contributed by atoms with van der Waals surface area (Å²) in [5.74, 6) is 0.0652. The minimum Gasteiger partial charge on any atom is -0.491 e. The van der Waals surface area contributed by atoms with Crippen LogP contribution in [0.4, 0.5) is 4.39 Å². The Bertz CT molecular complexity index is 1110. The fourth-order valence-corrected chi connectivity index (χ4v) is 5.18. The number of carbonyl (C=O) groups is 2. The van der Waals surface area contributed by atoms with Crippen LogP contribution in [0.15, 0.2) is 66.0 Å². The maximum atomic E-state index is 13.5. The highest BCUT2D eigenvalue weighted by atomic mass is 32.1. The molecule has 0 spiro atoms. The Balaban J connectivity index is 1.48. The third-order valence-electron chi connectivity index (χ3n) is 6.08. The Morgan fingerprint density at radius 3 is 2.56 bits per heavy atom. The summed E-state index contributed by atoms with van der Waals surface area (Å²) in [7, 11) is 0. The molecule has 3 aromatic rings. The van der Waals surface area contributed by atoms with E-state index in [0.717, 1.165) is 17.5 Å². The van der Waals surface area contributed by atoms with Crippen LogP contribution in [0.2, 0.25) is 0 Å². The summed E-state index contributed by atoms with van der Waals surface area (Å²) in [6.45, 7) is 4.72. The largest absolute Gasteiger partial charge is 0.491 e. The molecule has 1 atom stereocenters. The Morgan fingerprint density at radius 2 is 1.85 bits per heavy atom. The van der Waals surface area contributed by atoms with Crippen molar-refractivity contribution < 1.29 is 18.7 Å². The molecule has 0 fully saturated rings. The van der Waals surface area contributed by atoms with E-state index in [0.29, 0.717) is 12.3 Å². The standard InChI is InChI=1S/C27H29FN2O3S/c1-19(2)30(26(31)16-20-6-4-3-5-7-20)17-27(32)29-14-12-25-23(13-15-34-25)24(29)18-33-22-10-8-21(28)9-11-22/h3-11,13,15,19,24H,12,14,16-18H2,1-2H3/t24-/m0/s1. The molecule has 0 saturated heterocycles. The topological polar surface area (TPSA) is 49.9 Å². The molecule has 1 aliphatic heterocycles. The monoisotopic (exact) mass is 480 g/mol. The first-order valence-electron chi connectivity index (χ1n) is 11.5. The van der Waals surface area contributed by atoms with E-state index < -0.39 is 0 Å². The highest BCUT2D eigenvalue weighted by Gasteiger charge is 2.34. The van der Waals surface area contributed by atoms with Crippen LogP contribution in [0.3, 0.4) is 0 Å². The lowest BCUT2D eigenvalue weighted by Gasteiger charge is -2.37. The zero-order valence-electron chi connectivity index (χ0n) is 19.4.